The molecule has 3 aliphatic rings. The van der Waals surface area contributed by atoms with Gasteiger partial charge in [-0.15, -0.1) is 0 Å². The number of ether oxygens (including phenoxy) is 1. The van der Waals surface area contributed by atoms with Crippen LogP contribution in [0, 0.1) is 5.92 Å². The van der Waals surface area contributed by atoms with Gasteiger partial charge in [0.25, 0.3) is 0 Å². The maximum atomic E-state index is 11.2. The van der Waals surface area contributed by atoms with Gasteiger partial charge in [0.1, 0.15) is 0 Å². The molecule has 1 spiro atoms. The predicted octanol–water partition coefficient (Wildman–Crippen LogP) is 4.86. The molecule has 1 saturated heterocycles. The van der Waals surface area contributed by atoms with E-state index < -0.39 is 0 Å². The van der Waals surface area contributed by atoms with E-state index in [-0.39, 0.29) is 17.7 Å². The molecule has 28 heavy (non-hydrogen) atoms. The Bertz CT molecular complexity index is 854. The van der Waals surface area contributed by atoms with Crippen molar-refractivity contribution >= 4 is 11.1 Å². The van der Waals surface area contributed by atoms with E-state index >= 15 is 0 Å². The summed E-state index contributed by atoms with van der Waals surface area (Å²) in [5.41, 5.74) is 5.18. The molecule has 0 radical (unpaired) electrons. The molecule has 2 unspecified atom stereocenters. The second-order valence-electron chi connectivity index (χ2n) is 8.88. The van der Waals surface area contributed by atoms with Gasteiger partial charge in [-0.1, -0.05) is 30.3 Å². The SMILES string of the molecule is CC1=C(c2ccccc2)C(CC(O)C2CCC3(CCCO3)CC2)n2cncc21. The molecule has 1 saturated carbocycles. The van der Waals surface area contributed by atoms with E-state index in [1.165, 1.54) is 35.2 Å². The molecule has 2 fully saturated rings. The Morgan fingerprint density at radius 3 is 2.71 bits per heavy atom. The summed E-state index contributed by atoms with van der Waals surface area (Å²) in [6.07, 6.45) is 11.1. The lowest BCUT2D eigenvalue weighted by atomic mass is 9.74. The van der Waals surface area contributed by atoms with Gasteiger partial charge in [0.2, 0.25) is 0 Å². The zero-order chi connectivity index (χ0) is 19.1. The highest BCUT2D eigenvalue weighted by Gasteiger charge is 2.41. The third-order valence-corrected chi connectivity index (χ3v) is 7.34. The summed E-state index contributed by atoms with van der Waals surface area (Å²) in [6.45, 7) is 3.10. The molecule has 4 heteroatoms. The Hall–Kier alpha value is -1.91. The van der Waals surface area contributed by atoms with E-state index in [4.69, 9.17) is 4.74 Å². The van der Waals surface area contributed by atoms with E-state index in [0.29, 0.717) is 5.92 Å². The van der Waals surface area contributed by atoms with Crippen molar-refractivity contribution < 1.29 is 9.84 Å². The molecule has 1 aliphatic carbocycles. The molecule has 2 aliphatic heterocycles. The number of aliphatic hydroxyl groups excluding tert-OH is 1. The van der Waals surface area contributed by atoms with Crippen molar-refractivity contribution in [3.63, 3.8) is 0 Å². The lowest BCUT2D eigenvalue weighted by molar-refractivity contribution is -0.0521. The summed E-state index contributed by atoms with van der Waals surface area (Å²) < 4.78 is 8.32. The first kappa shape index (κ1) is 18.1. The van der Waals surface area contributed by atoms with Crippen LogP contribution in [0.5, 0.6) is 0 Å². The average molecular weight is 379 g/mol. The number of hydrogen-bond acceptors (Lipinski definition) is 3. The Kier molecular flexibility index (Phi) is 4.64. The lowest BCUT2D eigenvalue weighted by Crippen LogP contribution is -2.37. The van der Waals surface area contributed by atoms with Crippen LogP contribution in [0.4, 0.5) is 0 Å². The van der Waals surface area contributed by atoms with E-state index in [1.54, 1.807) is 0 Å². The summed E-state index contributed by atoms with van der Waals surface area (Å²) in [7, 11) is 0. The molecule has 148 valence electrons. The van der Waals surface area contributed by atoms with Crippen molar-refractivity contribution in [3.05, 3.63) is 54.1 Å². The molecule has 3 heterocycles. The fraction of sp³-hybridized carbons (Fsp3) is 0.542. The number of aromatic nitrogens is 2. The smallest absolute Gasteiger partial charge is 0.0956 e. The van der Waals surface area contributed by atoms with Crippen LogP contribution in [0.1, 0.15) is 69.2 Å². The third-order valence-electron chi connectivity index (χ3n) is 7.34. The molecular weight excluding hydrogens is 348 g/mol. The van der Waals surface area contributed by atoms with Gasteiger partial charge in [-0.2, -0.15) is 0 Å². The second kappa shape index (κ2) is 7.16. The van der Waals surface area contributed by atoms with Gasteiger partial charge in [-0.3, -0.25) is 0 Å². The van der Waals surface area contributed by atoms with Crippen molar-refractivity contribution in [1.82, 2.24) is 9.55 Å². The van der Waals surface area contributed by atoms with Crippen LogP contribution in [0.15, 0.2) is 42.9 Å². The molecule has 2 atom stereocenters. The van der Waals surface area contributed by atoms with Gasteiger partial charge in [0.15, 0.2) is 0 Å². The monoisotopic (exact) mass is 378 g/mol. The molecule has 0 bridgehead atoms. The van der Waals surface area contributed by atoms with Crippen molar-refractivity contribution in [2.24, 2.45) is 5.92 Å². The number of fused-ring (bicyclic) bond motifs is 1. The minimum Gasteiger partial charge on any atom is -0.393 e. The number of imidazole rings is 1. The van der Waals surface area contributed by atoms with Gasteiger partial charge in [-0.05, 0) is 74.5 Å². The Labute approximate surface area is 167 Å². The summed E-state index contributed by atoms with van der Waals surface area (Å²) in [4.78, 5) is 4.37. The number of hydrogen-bond donors (Lipinski definition) is 1. The number of rotatable bonds is 4. The standard InChI is InChI=1S/C24H30N2O2/c1-17-21-15-25-16-26(21)20(23(17)19-6-3-2-4-7-19)14-22(27)18-8-11-24(12-9-18)10-5-13-28-24/h2-4,6-7,15-16,18,20,22,27H,5,8-14H2,1H3. The minimum absolute atomic E-state index is 0.132. The quantitative estimate of drug-likeness (QED) is 0.826. The zero-order valence-electron chi connectivity index (χ0n) is 16.7. The van der Waals surface area contributed by atoms with E-state index in [0.717, 1.165) is 38.7 Å². The van der Waals surface area contributed by atoms with Crippen LogP contribution in [0.25, 0.3) is 11.1 Å². The highest BCUT2D eigenvalue weighted by atomic mass is 16.5. The molecule has 1 aromatic heterocycles. The van der Waals surface area contributed by atoms with Crippen molar-refractivity contribution in [3.8, 4) is 0 Å². The van der Waals surface area contributed by atoms with Gasteiger partial charge in [0, 0.05) is 6.61 Å². The predicted molar refractivity (Wildman–Crippen MR) is 111 cm³/mol. The van der Waals surface area contributed by atoms with Crippen LogP contribution < -0.4 is 0 Å². The number of nitrogens with zero attached hydrogens (tertiary/aromatic N) is 2. The Balaban J connectivity index is 1.35. The zero-order valence-corrected chi connectivity index (χ0v) is 16.7. The van der Waals surface area contributed by atoms with Crippen molar-refractivity contribution in [2.45, 2.75) is 69.6 Å². The lowest BCUT2D eigenvalue weighted by Gasteiger charge is -2.38. The van der Waals surface area contributed by atoms with Crippen LogP contribution >= 0.6 is 0 Å². The molecule has 1 aromatic carbocycles. The molecule has 1 N–H and O–H groups in total. The number of allylic oxidation sites excluding steroid dienone is 2. The van der Waals surface area contributed by atoms with E-state index in [9.17, 15) is 5.11 Å². The summed E-state index contributed by atoms with van der Waals surface area (Å²) in [6, 6.07) is 10.8. The molecule has 2 aromatic rings. The van der Waals surface area contributed by atoms with Gasteiger partial charge in [0.05, 0.1) is 36.0 Å². The van der Waals surface area contributed by atoms with E-state index in [1.807, 2.05) is 12.5 Å². The molecule has 0 amide bonds. The summed E-state index contributed by atoms with van der Waals surface area (Å²) in [5, 5.41) is 11.2. The first-order valence-electron chi connectivity index (χ1n) is 10.8. The number of aliphatic hydroxyl groups is 1. The maximum Gasteiger partial charge on any atom is 0.0956 e. The summed E-state index contributed by atoms with van der Waals surface area (Å²) >= 11 is 0. The Morgan fingerprint density at radius 2 is 2.00 bits per heavy atom. The molecule has 5 rings (SSSR count). The largest absolute Gasteiger partial charge is 0.393 e. The minimum atomic E-state index is -0.288. The normalized spacial score (nSPS) is 30.8. The van der Waals surface area contributed by atoms with Gasteiger partial charge >= 0.3 is 0 Å². The second-order valence-corrected chi connectivity index (χ2v) is 8.88. The third kappa shape index (κ3) is 3.03. The van der Waals surface area contributed by atoms with Gasteiger partial charge < -0.3 is 14.4 Å². The van der Waals surface area contributed by atoms with Crippen LogP contribution in [-0.2, 0) is 4.74 Å². The van der Waals surface area contributed by atoms with Crippen molar-refractivity contribution in [2.75, 3.05) is 6.61 Å². The first-order chi connectivity index (χ1) is 13.7. The van der Waals surface area contributed by atoms with Crippen molar-refractivity contribution in [1.29, 1.82) is 0 Å². The average Bonchev–Trinajstić information content (AvgIpc) is 3.43. The van der Waals surface area contributed by atoms with E-state index in [2.05, 4.69) is 46.8 Å². The highest BCUT2D eigenvalue weighted by Crippen LogP contribution is 2.47. The van der Waals surface area contributed by atoms with Gasteiger partial charge in [-0.25, -0.2) is 4.98 Å². The Morgan fingerprint density at radius 1 is 1.21 bits per heavy atom. The first-order valence-corrected chi connectivity index (χ1v) is 10.8. The summed E-state index contributed by atoms with van der Waals surface area (Å²) in [5.74, 6) is 0.375. The highest BCUT2D eigenvalue weighted by molar-refractivity contribution is 5.93. The van der Waals surface area contributed by atoms with Crippen LogP contribution in [0.3, 0.4) is 0 Å². The fourth-order valence-electron chi connectivity index (χ4n) is 5.75. The van der Waals surface area contributed by atoms with Crippen LogP contribution in [0.2, 0.25) is 0 Å². The number of benzene rings is 1. The topological polar surface area (TPSA) is 47.3 Å². The van der Waals surface area contributed by atoms with Crippen LogP contribution in [-0.4, -0.2) is 33.0 Å². The molecular formula is C24H30N2O2. The maximum absolute atomic E-state index is 11.2. The fourth-order valence-corrected chi connectivity index (χ4v) is 5.75. The molecule has 4 nitrogen and oxygen atoms in total.